The van der Waals surface area contributed by atoms with Gasteiger partial charge in [-0.15, -0.1) is 11.6 Å². The first-order chi connectivity index (χ1) is 17.6. The molecule has 37 heavy (non-hydrogen) atoms. The van der Waals surface area contributed by atoms with Gasteiger partial charge < -0.3 is 15.5 Å². The molecule has 196 valence electrons. The zero-order valence-electron chi connectivity index (χ0n) is 20.5. The number of rotatable bonds is 8. The Morgan fingerprint density at radius 2 is 1.86 bits per heavy atom. The summed E-state index contributed by atoms with van der Waals surface area (Å²) in [7, 11) is -2.54. The molecule has 2 N–H and O–H groups in total. The Morgan fingerprint density at radius 3 is 2.49 bits per heavy atom. The van der Waals surface area contributed by atoms with Crippen LogP contribution in [0.1, 0.15) is 29.6 Å². The molecule has 0 spiro atoms. The first-order valence-electron chi connectivity index (χ1n) is 12.0. The monoisotopic (exact) mass is 561 g/mol. The van der Waals surface area contributed by atoms with Crippen LogP contribution in [0.25, 0.3) is 0 Å². The maximum absolute atomic E-state index is 13.0. The van der Waals surface area contributed by atoms with Crippen LogP contribution in [0.3, 0.4) is 0 Å². The maximum Gasteiger partial charge on any atom is 0.255 e. The Labute approximate surface area is 227 Å². The molecule has 2 atom stereocenters. The number of benzene rings is 1. The Bertz CT molecular complexity index is 1330. The van der Waals surface area contributed by atoms with E-state index in [1.54, 1.807) is 54.8 Å². The van der Waals surface area contributed by atoms with E-state index in [-0.39, 0.29) is 12.3 Å². The van der Waals surface area contributed by atoms with Crippen LogP contribution in [0.15, 0.2) is 75.8 Å². The van der Waals surface area contributed by atoms with E-state index >= 15 is 0 Å². The first kappa shape index (κ1) is 27.3. The quantitative estimate of drug-likeness (QED) is 0.462. The lowest BCUT2D eigenvalue weighted by Gasteiger charge is -2.24. The molecule has 1 aliphatic heterocycles. The van der Waals surface area contributed by atoms with Gasteiger partial charge in [0, 0.05) is 35.2 Å². The molecular weight excluding hydrogens is 533 g/mol. The molecule has 1 aliphatic carbocycles. The molecule has 1 aromatic carbocycles. The molecule has 1 fully saturated rings. The molecule has 2 amide bonds. The standard InChI is InChI=1S/C26H29Cl2N5O3S/c1-37(36,30-14-17-33-15-2-3-16-33)22-7-4-19(5-8-22)24(34)31-21-10-12-26(28,13-11-21)25(35)32-23-9-6-20(27)18-29-23/h4-12,18H,2-3,13-17H2,1H3,(H,31,34)(H,29,32,35). The number of hydrogen-bond donors (Lipinski definition) is 2. The number of halogens is 2. The summed E-state index contributed by atoms with van der Waals surface area (Å²) >= 11 is 12.3. The van der Waals surface area contributed by atoms with Crippen molar-refractivity contribution in [1.29, 1.82) is 0 Å². The van der Waals surface area contributed by atoms with Gasteiger partial charge >= 0.3 is 0 Å². The fourth-order valence-corrected chi connectivity index (χ4v) is 5.57. The predicted octanol–water partition coefficient (Wildman–Crippen LogP) is 4.48. The van der Waals surface area contributed by atoms with Gasteiger partial charge in [0.2, 0.25) is 0 Å². The molecule has 2 unspecified atom stereocenters. The zero-order valence-corrected chi connectivity index (χ0v) is 22.8. The van der Waals surface area contributed by atoms with Crippen molar-refractivity contribution in [2.75, 3.05) is 37.8 Å². The number of carbonyl (C=O) groups is 2. The first-order valence-corrected chi connectivity index (χ1v) is 14.7. The number of likely N-dealkylation sites (tertiary alicyclic amines) is 1. The second-order valence-electron chi connectivity index (χ2n) is 9.06. The van der Waals surface area contributed by atoms with Crippen LogP contribution in [0.5, 0.6) is 0 Å². The molecule has 1 aromatic heterocycles. The van der Waals surface area contributed by atoms with Crippen LogP contribution in [0.4, 0.5) is 5.82 Å². The van der Waals surface area contributed by atoms with Crippen LogP contribution < -0.4 is 10.6 Å². The van der Waals surface area contributed by atoms with Gasteiger partial charge in [0.05, 0.1) is 21.3 Å². The Kier molecular flexibility index (Phi) is 8.69. The molecule has 1 saturated heterocycles. The lowest BCUT2D eigenvalue weighted by molar-refractivity contribution is -0.117. The number of nitrogens with zero attached hydrogens (tertiary/aromatic N) is 3. The highest BCUT2D eigenvalue weighted by Crippen LogP contribution is 2.29. The van der Waals surface area contributed by atoms with Gasteiger partial charge in [0.1, 0.15) is 10.7 Å². The number of alkyl halides is 1. The number of allylic oxidation sites excluding steroid dienone is 2. The average molecular weight is 563 g/mol. The number of nitrogens with one attached hydrogen (secondary N) is 2. The minimum atomic E-state index is -2.54. The van der Waals surface area contributed by atoms with Crippen molar-refractivity contribution in [2.45, 2.75) is 29.0 Å². The fourth-order valence-electron chi connectivity index (χ4n) is 4.05. The average Bonchev–Trinajstić information content (AvgIpc) is 3.40. The largest absolute Gasteiger partial charge is 0.322 e. The van der Waals surface area contributed by atoms with Crippen molar-refractivity contribution in [1.82, 2.24) is 15.2 Å². The predicted molar refractivity (Wildman–Crippen MR) is 148 cm³/mol. The van der Waals surface area contributed by atoms with Crippen LogP contribution in [-0.2, 0) is 14.5 Å². The summed E-state index contributed by atoms with van der Waals surface area (Å²) in [4.78, 5) is 31.0. The van der Waals surface area contributed by atoms with Crippen molar-refractivity contribution < 1.29 is 13.8 Å². The van der Waals surface area contributed by atoms with E-state index in [9.17, 15) is 13.8 Å². The summed E-state index contributed by atoms with van der Waals surface area (Å²) in [6.45, 7) is 3.50. The minimum Gasteiger partial charge on any atom is -0.322 e. The maximum atomic E-state index is 13.0. The molecule has 0 bridgehead atoms. The normalized spacial score (nSPS) is 21.1. The van der Waals surface area contributed by atoms with Gasteiger partial charge in [-0.2, -0.15) is 0 Å². The SMILES string of the molecule is CS(=O)(=NCCN1CCCC1)c1ccc(C(=O)NC2=CCC(Cl)(C(=O)Nc3ccc(Cl)cn3)C=C2)cc1. The van der Waals surface area contributed by atoms with Crippen LogP contribution in [0, 0.1) is 0 Å². The molecule has 4 rings (SSSR count). The van der Waals surface area contributed by atoms with E-state index < -0.39 is 20.5 Å². The van der Waals surface area contributed by atoms with Crippen LogP contribution in [-0.4, -0.2) is 63.2 Å². The zero-order chi connectivity index (χ0) is 26.5. The number of anilines is 1. The molecule has 11 heteroatoms. The lowest BCUT2D eigenvalue weighted by atomic mass is 9.97. The summed E-state index contributed by atoms with van der Waals surface area (Å²) < 4.78 is 17.5. The van der Waals surface area contributed by atoms with Crippen LogP contribution >= 0.6 is 23.2 Å². The summed E-state index contributed by atoms with van der Waals surface area (Å²) in [5.74, 6) is -0.427. The molecule has 2 aromatic rings. The summed E-state index contributed by atoms with van der Waals surface area (Å²) in [5.41, 5.74) is 0.943. The smallest absolute Gasteiger partial charge is 0.255 e. The van der Waals surface area contributed by atoms with E-state index in [0.29, 0.717) is 33.5 Å². The molecular formula is C26H29Cl2N5O3S. The molecule has 2 heterocycles. The molecule has 0 saturated carbocycles. The summed E-state index contributed by atoms with van der Waals surface area (Å²) in [5, 5.41) is 5.93. The number of carbonyl (C=O) groups excluding carboxylic acids is 2. The third-order valence-electron chi connectivity index (χ3n) is 6.26. The van der Waals surface area contributed by atoms with Crippen LogP contribution in [0.2, 0.25) is 5.02 Å². The second-order valence-corrected chi connectivity index (χ2v) is 12.5. The van der Waals surface area contributed by atoms with Gasteiger partial charge in [-0.25, -0.2) is 13.6 Å². The molecule has 8 nitrogen and oxygen atoms in total. The Hall–Kier alpha value is -2.72. The van der Waals surface area contributed by atoms with Crippen molar-refractivity contribution in [3.8, 4) is 0 Å². The topological polar surface area (TPSA) is 104 Å². The number of amides is 2. The van der Waals surface area contributed by atoms with E-state index in [2.05, 4.69) is 24.9 Å². The van der Waals surface area contributed by atoms with E-state index in [0.717, 1.165) is 19.6 Å². The second kappa shape index (κ2) is 11.8. The highest BCUT2D eigenvalue weighted by molar-refractivity contribution is 7.93. The highest BCUT2D eigenvalue weighted by atomic mass is 35.5. The van der Waals surface area contributed by atoms with Gasteiger partial charge in [-0.3, -0.25) is 9.59 Å². The summed E-state index contributed by atoms with van der Waals surface area (Å²) in [6, 6.07) is 9.83. The molecule has 0 radical (unpaired) electrons. The van der Waals surface area contributed by atoms with Crippen molar-refractivity contribution in [2.24, 2.45) is 4.36 Å². The van der Waals surface area contributed by atoms with Crippen molar-refractivity contribution in [3.63, 3.8) is 0 Å². The third-order valence-corrected chi connectivity index (χ3v) is 8.75. The van der Waals surface area contributed by atoms with Gasteiger partial charge in [-0.1, -0.05) is 23.8 Å². The Balaban J connectivity index is 1.32. The number of aromatic nitrogens is 1. The highest BCUT2D eigenvalue weighted by Gasteiger charge is 2.34. The lowest BCUT2D eigenvalue weighted by Crippen LogP contribution is -2.37. The van der Waals surface area contributed by atoms with Gasteiger partial charge in [-0.05, 0) is 74.8 Å². The Morgan fingerprint density at radius 1 is 1.14 bits per heavy atom. The summed E-state index contributed by atoms with van der Waals surface area (Å²) in [6.07, 6.45) is 10.5. The number of hydrogen-bond acceptors (Lipinski definition) is 6. The van der Waals surface area contributed by atoms with Crippen molar-refractivity contribution >= 4 is 50.6 Å². The van der Waals surface area contributed by atoms with Crippen molar-refractivity contribution in [3.05, 3.63) is 77.1 Å². The number of pyridine rings is 1. The van der Waals surface area contributed by atoms with Gasteiger partial charge in [0.15, 0.2) is 0 Å². The fraction of sp³-hybridized carbons (Fsp3) is 0.346. The minimum absolute atomic E-state index is 0.176. The van der Waals surface area contributed by atoms with E-state index in [1.165, 1.54) is 25.1 Å². The van der Waals surface area contributed by atoms with E-state index in [4.69, 9.17) is 23.2 Å². The third kappa shape index (κ3) is 7.19. The van der Waals surface area contributed by atoms with Gasteiger partial charge in [0.25, 0.3) is 11.8 Å². The van der Waals surface area contributed by atoms with E-state index in [1.807, 2.05) is 0 Å². The molecule has 2 aliphatic rings.